The molecule has 4 rings (SSSR count). The van der Waals surface area contributed by atoms with Gasteiger partial charge in [0.2, 0.25) is 11.8 Å². The van der Waals surface area contributed by atoms with Crippen LogP contribution in [0, 0.1) is 0 Å². The number of ether oxygens (including phenoxy) is 3. The number of amides is 1. The van der Waals surface area contributed by atoms with Gasteiger partial charge < -0.3 is 30.0 Å². The van der Waals surface area contributed by atoms with Crippen LogP contribution in [0.5, 0.6) is 5.88 Å². The lowest BCUT2D eigenvalue weighted by Gasteiger charge is -2.20. The average molecular weight is 377 g/mol. The molecule has 3 heterocycles. The molecule has 0 unspecified atom stereocenters. The predicted octanol–water partition coefficient (Wildman–Crippen LogP) is 0.134. The van der Waals surface area contributed by atoms with Gasteiger partial charge in [-0.25, -0.2) is 4.98 Å². The minimum Gasteiger partial charge on any atom is -0.481 e. The Morgan fingerprint density at radius 3 is 3.00 bits per heavy atom. The molecule has 8 heteroatoms. The lowest BCUT2D eigenvalue weighted by Crippen LogP contribution is -2.39. The summed E-state index contributed by atoms with van der Waals surface area (Å²) in [6.45, 7) is 1.08. The molecule has 2 aliphatic heterocycles. The predicted molar refractivity (Wildman–Crippen MR) is 96.2 cm³/mol. The molecule has 1 aliphatic carbocycles. The van der Waals surface area contributed by atoms with E-state index in [1.54, 1.807) is 13.3 Å². The van der Waals surface area contributed by atoms with E-state index in [9.17, 15) is 9.90 Å². The van der Waals surface area contributed by atoms with Crippen molar-refractivity contribution in [2.45, 2.75) is 68.8 Å². The second kappa shape index (κ2) is 8.10. The van der Waals surface area contributed by atoms with Crippen molar-refractivity contribution in [2.24, 2.45) is 0 Å². The molecule has 0 aromatic carbocycles. The molecule has 1 aromatic heterocycles. The fourth-order valence-corrected chi connectivity index (χ4v) is 3.82. The van der Waals surface area contributed by atoms with Gasteiger partial charge in [0, 0.05) is 37.3 Å². The first-order valence-electron chi connectivity index (χ1n) is 9.61. The minimum atomic E-state index is -0.699. The number of hydrogen-bond acceptors (Lipinski definition) is 7. The van der Waals surface area contributed by atoms with E-state index in [0.29, 0.717) is 37.9 Å². The highest BCUT2D eigenvalue weighted by molar-refractivity contribution is 5.77. The largest absolute Gasteiger partial charge is 0.481 e. The van der Waals surface area contributed by atoms with Crippen LogP contribution in [-0.4, -0.2) is 66.2 Å². The van der Waals surface area contributed by atoms with E-state index in [2.05, 4.69) is 15.6 Å². The molecular formula is C19H27N3O5. The summed E-state index contributed by atoms with van der Waals surface area (Å²) in [5.74, 6) is 0.617. The fraction of sp³-hybridized carbons (Fsp3) is 0.684. The summed E-state index contributed by atoms with van der Waals surface area (Å²) in [5.41, 5.74) is 0.950. The number of carbonyl (C=O) groups is 1. The number of carbonyl (C=O) groups excluding carboxylic acids is 1. The molecule has 2 saturated heterocycles. The summed E-state index contributed by atoms with van der Waals surface area (Å²) >= 11 is 0. The van der Waals surface area contributed by atoms with Crippen molar-refractivity contribution < 1.29 is 24.1 Å². The Morgan fingerprint density at radius 2 is 2.26 bits per heavy atom. The van der Waals surface area contributed by atoms with Crippen molar-refractivity contribution in [3.05, 3.63) is 23.9 Å². The molecule has 3 fully saturated rings. The van der Waals surface area contributed by atoms with Crippen molar-refractivity contribution in [1.29, 1.82) is 0 Å². The maximum Gasteiger partial charge on any atom is 0.222 e. The molecule has 8 nitrogen and oxygen atoms in total. The molecule has 1 saturated carbocycles. The number of pyridine rings is 1. The first kappa shape index (κ1) is 18.6. The van der Waals surface area contributed by atoms with Gasteiger partial charge >= 0.3 is 0 Å². The van der Waals surface area contributed by atoms with E-state index in [1.165, 1.54) is 0 Å². The van der Waals surface area contributed by atoms with Crippen molar-refractivity contribution in [3.63, 3.8) is 0 Å². The highest BCUT2D eigenvalue weighted by atomic mass is 16.6. The van der Waals surface area contributed by atoms with Gasteiger partial charge in [0.25, 0.3) is 0 Å². The van der Waals surface area contributed by atoms with E-state index in [0.717, 1.165) is 18.4 Å². The van der Waals surface area contributed by atoms with Crippen LogP contribution in [0.2, 0.25) is 0 Å². The smallest absolute Gasteiger partial charge is 0.222 e. The number of nitrogens with one attached hydrogen (secondary N) is 2. The Labute approximate surface area is 158 Å². The van der Waals surface area contributed by atoms with Crippen molar-refractivity contribution >= 4 is 5.91 Å². The number of fused-ring (bicyclic) bond motifs is 1. The second-order valence-electron chi connectivity index (χ2n) is 7.51. The van der Waals surface area contributed by atoms with Gasteiger partial charge in [-0.2, -0.15) is 0 Å². The van der Waals surface area contributed by atoms with Gasteiger partial charge in [-0.05, 0) is 18.9 Å². The van der Waals surface area contributed by atoms with Gasteiger partial charge in [-0.15, -0.1) is 0 Å². The van der Waals surface area contributed by atoms with Crippen molar-refractivity contribution in [2.75, 3.05) is 13.7 Å². The molecule has 1 amide bonds. The number of rotatable bonds is 8. The van der Waals surface area contributed by atoms with Crippen LogP contribution in [0.1, 0.15) is 31.2 Å². The third-order valence-electron chi connectivity index (χ3n) is 5.34. The number of aliphatic hydroxyl groups excluding tert-OH is 1. The minimum absolute atomic E-state index is 0.0283. The summed E-state index contributed by atoms with van der Waals surface area (Å²) in [5, 5.41) is 16.8. The summed E-state index contributed by atoms with van der Waals surface area (Å²) in [4.78, 5) is 16.1. The number of aliphatic hydroxyl groups is 1. The third-order valence-corrected chi connectivity index (χ3v) is 5.34. The van der Waals surface area contributed by atoms with Crippen LogP contribution in [0.4, 0.5) is 0 Å². The van der Waals surface area contributed by atoms with Crippen LogP contribution < -0.4 is 15.4 Å². The molecule has 3 aliphatic rings. The first-order valence-corrected chi connectivity index (χ1v) is 9.61. The zero-order chi connectivity index (χ0) is 18.8. The highest BCUT2D eigenvalue weighted by Gasteiger charge is 2.50. The Hall–Kier alpha value is -1.74. The van der Waals surface area contributed by atoms with E-state index < -0.39 is 6.10 Å². The molecule has 0 spiro atoms. The summed E-state index contributed by atoms with van der Waals surface area (Å²) in [6.07, 6.45) is 3.10. The molecule has 5 atom stereocenters. The van der Waals surface area contributed by atoms with Crippen LogP contribution in [0.25, 0.3) is 0 Å². The normalized spacial score (nSPS) is 32.3. The zero-order valence-electron chi connectivity index (χ0n) is 15.5. The van der Waals surface area contributed by atoms with Gasteiger partial charge in [0.1, 0.15) is 12.2 Å². The van der Waals surface area contributed by atoms with E-state index >= 15 is 0 Å². The molecule has 0 radical (unpaired) electrons. The maximum atomic E-state index is 11.9. The number of hydrogen-bond donors (Lipinski definition) is 3. The van der Waals surface area contributed by atoms with Crippen molar-refractivity contribution in [3.8, 4) is 5.88 Å². The number of nitrogens with zero attached hydrogens (tertiary/aromatic N) is 1. The Kier molecular flexibility index (Phi) is 5.58. The van der Waals surface area contributed by atoms with Gasteiger partial charge in [0.15, 0.2) is 0 Å². The van der Waals surface area contributed by atoms with Gasteiger partial charge in [0.05, 0.1) is 31.8 Å². The molecule has 148 valence electrons. The quantitative estimate of drug-likeness (QED) is 0.592. The zero-order valence-corrected chi connectivity index (χ0v) is 15.5. The average Bonchev–Trinajstić information content (AvgIpc) is 3.31. The monoisotopic (exact) mass is 377 g/mol. The van der Waals surface area contributed by atoms with Gasteiger partial charge in [-0.1, -0.05) is 6.07 Å². The van der Waals surface area contributed by atoms with Crippen LogP contribution >= 0.6 is 0 Å². The topological polar surface area (TPSA) is 102 Å². The summed E-state index contributed by atoms with van der Waals surface area (Å²) in [6, 6.07) is 4.16. The Morgan fingerprint density at radius 1 is 1.41 bits per heavy atom. The van der Waals surface area contributed by atoms with E-state index in [1.807, 2.05) is 12.1 Å². The van der Waals surface area contributed by atoms with Crippen LogP contribution in [0.3, 0.4) is 0 Å². The van der Waals surface area contributed by atoms with Crippen LogP contribution in [0.15, 0.2) is 18.3 Å². The number of methoxy groups -OCH3 is 1. The molecule has 1 aromatic rings. The lowest BCUT2D eigenvalue weighted by atomic mass is 10.1. The lowest BCUT2D eigenvalue weighted by molar-refractivity contribution is -0.124. The first-order chi connectivity index (χ1) is 13.1. The maximum absolute atomic E-state index is 11.9. The third kappa shape index (κ3) is 4.40. The molecule has 3 N–H and O–H groups in total. The van der Waals surface area contributed by atoms with E-state index in [4.69, 9.17) is 14.2 Å². The molecule has 0 bridgehead atoms. The highest BCUT2D eigenvalue weighted by Crippen LogP contribution is 2.35. The van der Waals surface area contributed by atoms with Crippen LogP contribution in [-0.2, 0) is 20.8 Å². The Bertz CT molecular complexity index is 669. The van der Waals surface area contributed by atoms with Crippen molar-refractivity contribution in [1.82, 2.24) is 15.6 Å². The summed E-state index contributed by atoms with van der Waals surface area (Å²) in [7, 11) is 1.59. The summed E-state index contributed by atoms with van der Waals surface area (Å²) < 4.78 is 17.1. The standard InChI is InChI=1S/C19H27N3O5/c1-25-19-11(3-2-6-21-19)9-20-10-15-17(24)18-14(27-15)7-13(26-18)8-16(23)22-12-4-5-12/h2-3,6,12-15,17-18,20,24H,4-5,7-10H2,1H3,(H,22,23)/t13-,14+,15+,17+,18-/m0/s1. The number of aromatic nitrogens is 1. The Balaban J connectivity index is 1.22. The fourth-order valence-electron chi connectivity index (χ4n) is 3.82. The molecule has 27 heavy (non-hydrogen) atoms. The van der Waals surface area contributed by atoms with Gasteiger partial charge in [-0.3, -0.25) is 4.79 Å². The SMILES string of the molecule is COc1ncccc1CNC[C@H]1O[C@@H]2C[C@@H](CC(=O)NC3CC3)O[C@@H]2[C@@H]1O. The second-order valence-corrected chi connectivity index (χ2v) is 7.51. The van der Waals surface area contributed by atoms with E-state index in [-0.39, 0.29) is 30.3 Å². The molecular weight excluding hydrogens is 350 g/mol.